The third-order valence-electron chi connectivity index (χ3n) is 1.50. The van der Waals surface area contributed by atoms with Gasteiger partial charge in [-0.2, -0.15) is 0 Å². The van der Waals surface area contributed by atoms with Crippen LogP contribution in [-0.4, -0.2) is 12.1 Å². The molecule has 0 fully saturated rings. The van der Waals surface area contributed by atoms with Gasteiger partial charge in [0, 0.05) is 12.0 Å². The molecule has 0 aromatic heterocycles. The monoisotopic (exact) mass is 161 g/mol. The summed E-state index contributed by atoms with van der Waals surface area (Å²) in [5.41, 5.74) is 1.36. The maximum absolute atomic E-state index is 10.7. The van der Waals surface area contributed by atoms with Crippen LogP contribution < -0.4 is 0 Å². The maximum Gasteiger partial charge on any atom is 0.233 e. The van der Waals surface area contributed by atoms with E-state index in [1.165, 1.54) is 6.92 Å². The zero-order chi connectivity index (χ0) is 8.97. The Morgan fingerprint density at radius 3 is 2.83 bits per heavy atom. The Hall–Kier alpha value is -1.44. The fourth-order valence-electron chi connectivity index (χ4n) is 1.03. The van der Waals surface area contributed by atoms with E-state index in [2.05, 4.69) is 0 Å². The molecule has 2 heteroatoms. The summed E-state index contributed by atoms with van der Waals surface area (Å²) >= 11 is 0. The van der Waals surface area contributed by atoms with Gasteiger partial charge in [0.25, 0.3) is 0 Å². The van der Waals surface area contributed by atoms with E-state index in [0.717, 1.165) is 5.56 Å². The Morgan fingerprint density at radius 1 is 1.50 bits per heavy atom. The molecule has 0 unspecified atom stereocenters. The average molecular weight is 161 g/mol. The number of Topliss-reactive ketones (excluding diaryl/α,β-unsaturated/α-hetero) is 1. The summed E-state index contributed by atoms with van der Waals surface area (Å²) < 4.78 is 0. The van der Waals surface area contributed by atoms with Crippen LogP contribution in [0.15, 0.2) is 24.3 Å². The minimum Gasteiger partial charge on any atom is -0.300 e. The van der Waals surface area contributed by atoms with Crippen molar-refractivity contribution >= 4 is 12.1 Å². The predicted octanol–water partition coefficient (Wildman–Crippen LogP) is 1.28. The van der Waals surface area contributed by atoms with Gasteiger partial charge in [-0.1, -0.05) is 18.2 Å². The van der Waals surface area contributed by atoms with E-state index in [4.69, 9.17) is 0 Å². The first-order valence-electron chi connectivity index (χ1n) is 3.69. The lowest BCUT2D eigenvalue weighted by Gasteiger charge is -1.96. The SMILES string of the molecule is CC(=O)Cc1cccc([C]=O)c1. The van der Waals surface area contributed by atoms with E-state index in [0.29, 0.717) is 12.0 Å². The Balaban J connectivity index is 2.86. The molecule has 12 heavy (non-hydrogen) atoms. The maximum atomic E-state index is 10.7. The Labute approximate surface area is 71.2 Å². The van der Waals surface area contributed by atoms with Crippen LogP contribution in [-0.2, 0) is 16.0 Å². The summed E-state index contributed by atoms with van der Waals surface area (Å²) in [6, 6.07) is 6.91. The average Bonchev–Trinajstić information content (AvgIpc) is 2.03. The molecule has 0 spiro atoms. The van der Waals surface area contributed by atoms with Gasteiger partial charge in [0.05, 0.1) is 0 Å². The lowest BCUT2D eigenvalue weighted by molar-refractivity contribution is -0.116. The Kier molecular flexibility index (Phi) is 2.75. The summed E-state index contributed by atoms with van der Waals surface area (Å²) in [6.45, 7) is 1.53. The van der Waals surface area contributed by atoms with Crippen LogP contribution in [0.5, 0.6) is 0 Å². The van der Waals surface area contributed by atoms with Crippen molar-refractivity contribution in [3.63, 3.8) is 0 Å². The second kappa shape index (κ2) is 3.81. The lowest BCUT2D eigenvalue weighted by atomic mass is 10.1. The highest BCUT2D eigenvalue weighted by molar-refractivity contribution is 5.80. The fraction of sp³-hybridized carbons (Fsp3) is 0.200. The molecule has 0 aliphatic rings. The second-order valence-corrected chi connectivity index (χ2v) is 2.68. The molecule has 61 valence electrons. The number of benzene rings is 1. The summed E-state index contributed by atoms with van der Waals surface area (Å²) in [6.07, 6.45) is 2.16. The Bertz CT molecular complexity index is 302. The number of hydrogen-bond acceptors (Lipinski definition) is 2. The third kappa shape index (κ3) is 2.31. The molecule has 1 rings (SSSR count). The molecule has 1 radical (unpaired) electrons. The van der Waals surface area contributed by atoms with Crippen LogP contribution in [0.2, 0.25) is 0 Å². The molecule has 1 aromatic rings. The van der Waals surface area contributed by atoms with Crippen LogP contribution in [0.3, 0.4) is 0 Å². The molecular formula is C10H9O2. The van der Waals surface area contributed by atoms with Crippen molar-refractivity contribution in [1.82, 2.24) is 0 Å². The summed E-state index contributed by atoms with van der Waals surface area (Å²) in [5, 5.41) is 0. The zero-order valence-electron chi connectivity index (χ0n) is 6.83. The number of carbonyl (C=O) groups is 1. The molecule has 0 aliphatic carbocycles. The number of ketones is 1. The number of rotatable bonds is 3. The van der Waals surface area contributed by atoms with E-state index in [-0.39, 0.29) is 5.78 Å². The summed E-state index contributed by atoms with van der Waals surface area (Å²) in [5.74, 6) is 0.0954. The molecule has 1 aromatic carbocycles. The van der Waals surface area contributed by atoms with Crippen molar-refractivity contribution in [3.05, 3.63) is 35.4 Å². The van der Waals surface area contributed by atoms with E-state index in [1.807, 2.05) is 6.07 Å². The van der Waals surface area contributed by atoms with Gasteiger partial charge in [0.2, 0.25) is 6.29 Å². The van der Waals surface area contributed by atoms with Crippen LogP contribution >= 0.6 is 0 Å². The van der Waals surface area contributed by atoms with Crippen molar-refractivity contribution in [2.24, 2.45) is 0 Å². The van der Waals surface area contributed by atoms with E-state index in [1.54, 1.807) is 24.5 Å². The molecule has 0 saturated heterocycles. The molecular weight excluding hydrogens is 152 g/mol. The predicted molar refractivity (Wildman–Crippen MR) is 45.6 cm³/mol. The smallest absolute Gasteiger partial charge is 0.233 e. The largest absolute Gasteiger partial charge is 0.300 e. The molecule has 0 heterocycles. The van der Waals surface area contributed by atoms with Gasteiger partial charge in [-0.05, 0) is 18.6 Å². The highest BCUT2D eigenvalue weighted by Gasteiger charge is 1.98. The molecule has 0 N–H and O–H groups in total. The van der Waals surface area contributed by atoms with Crippen LogP contribution in [0.1, 0.15) is 18.1 Å². The van der Waals surface area contributed by atoms with Crippen molar-refractivity contribution in [1.29, 1.82) is 0 Å². The minimum atomic E-state index is 0.0954. The van der Waals surface area contributed by atoms with Gasteiger partial charge >= 0.3 is 0 Å². The zero-order valence-corrected chi connectivity index (χ0v) is 6.83. The Morgan fingerprint density at radius 2 is 2.25 bits per heavy atom. The summed E-state index contributed by atoms with van der Waals surface area (Å²) in [4.78, 5) is 20.9. The molecule has 2 nitrogen and oxygen atoms in total. The lowest BCUT2D eigenvalue weighted by Crippen LogP contribution is -1.96. The third-order valence-corrected chi connectivity index (χ3v) is 1.50. The molecule has 0 amide bonds. The molecule has 0 bridgehead atoms. The first-order valence-corrected chi connectivity index (χ1v) is 3.69. The van der Waals surface area contributed by atoms with Crippen molar-refractivity contribution in [2.75, 3.05) is 0 Å². The normalized spacial score (nSPS) is 9.42. The fourth-order valence-corrected chi connectivity index (χ4v) is 1.03. The van der Waals surface area contributed by atoms with Crippen molar-refractivity contribution < 1.29 is 9.59 Å². The first-order chi connectivity index (χ1) is 5.72. The van der Waals surface area contributed by atoms with Crippen molar-refractivity contribution in [3.8, 4) is 0 Å². The van der Waals surface area contributed by atoms with Crippen LogP contribution in [0, 0.1) is 0 Å². The van der Waals surface area contributed by atoms with Gasteiger partial charge in [0.15, 0.2) is 0 Å². The summed E-state index contributed by atoms with van der Waals surface area (Å²) in [7, 11) is 0. The first kappa shape index (κ1) is 8.65. The standard InChI is InChI=1S/C10H9O2/c1-8(12)5-9-3-2-4-10(6-9)7-11/h2-4,6H,5H2,1H3. The highest BCUT2D eigenvalue weighted by atomic mass is 16.1. The highest BCUT2D eigenvalue weighted by Crippen LogP contribution is 2.03. The van der Waals surface area contributed by atoms with Gasteiger partial charge in [0.1, 0.15) is 5.78 Å². The quantitative estimate of drug-likeness (QED) is 0.669. The number of carbonyl (C=O) groups excluding carboxylic acids is 2. The topological polar surface area (TPSA) is 34.1 Å². The van der Waals surface area contributed by atoms with Gasteiger partial charge in [-0.15, -0.1) is 0 Å². The minimum absolute atomic E-state index is 0.0954. The van der Waals surface area contributed by atoms with Gasteiger partial charge < -0.3 is 0 Å². The van der Waals surface area contributed by atoms with Crippen molar-refractivity contribution in [2.45, 2.75) is 13.3 Å². The van der Waals surface area contributed by atoms with Gasteiger partial charge in [-0.3, -0.25) is 9.59 Å². The number of hydrogen-bond donors (Lipinski definition) is 0. The molecule has 0 saturated carbocycles. The van der Waals surface area contributed by atoms with Gasteiger partial charge in [-0.25, -0.2) is 0 Å². The van der Waals surface area contributed by atoms with Crippen LogP contribution in [0.25, 0.3) is 0 Å². The molecule has 0 aliphatic heterocycles. The second-order valence-electron chi connectivity index (χ2n) is 2.68. The van der Waals surface area contributed by atoms with E-state index in [9.17, 15) is 9.59 Å². The molecule has 0 atom stereocenters. The van der Waals surface area contributed by atoms with E-state index >= 15 is 0 Å². The van der Waals surface area contributed by atoms with E-state index < -0.39 is 0 Å². The van der Waals surface area contributed by atoms with Crippen LogP contribution in [0.4, 0.5) is 0 Å².